The molecule has 62 heavy (non-hydrogen) atoms. The van der Waals surface area contributed by atoms with Crippen LogP contribution in [0.5, 0.6) is 0 Å². The molecule has 1 fully saturated rings. The van der Waals surface area contributed by atoms with Gasteiger partial charge in [-0.15, -0.1) is 11.3 Å². The Morgan fingerprint density at radius 2 is 1.77 bits per heavy atom. The third kappa shape index (κ3) is 8.07. The van der Waals surface area contributed by atoms with E-state index in [1.165, 1.54) is 4.90 Å². The molecule has 3 aromatic carbocycles. The second-order valence-electron chi connectivity index (χ2n) is 18.0. The van der Waals surface area contributed by atoms with E-state index >= 15 is 0 Å². The number of aliphatic hydroxyl groups is 1. The highest BCUT2D eigenvalue weighted by molar-refractivity contribution is 7.13. The molecule has 0 unspecified atom stereocenters. The molecule has 5 heterocycles. The summed E-state index contributed by atoms with van der Waals surface area (Å²) in [6.07, 6.45) is 3.58. The minimum absolute atomic E-state index is 0.00446. The molecule has 2 aliphatic rings. The van der Waals surface area contributed by atoms with Gasteiger partial charge in [0.2, 0.25) is 17.7 Å². The number of carbonyl (C=O) groups excluding carboxylic acids is 3. The predicted molar refractivity (Wildman–Crippen MR) is 241 cm³/mol. The number of carbonyl (C=O) groups is 3. The second-order valence-corrected chi connectivity index (χ2v) is 19.3. The van der Waals surface area contributed by atoms with Gasteiger partial charge in [-0.25, -0.2) is 4.98 Å². The summed E-state index contributed by atoms with van der Waals surface area (Å²) >= 11 is 8.02. The number of hydrogen-bond acceptors (Lipinski definition) is 9. The Morgan fingerprint density at radius 1 is 1.03 bits per heavy atom. The van der Waals surface area contributed by atoms with Crippen molar-refractivity contribution in [3.63, 3.8) is 0 Å². The average molecular weight is 875 g/mol. The molecule has 0 radical (unpaired) electrons. The van der Waals surface area contributed by atoms with E-state index in [1.807, 2.05) is 99.4 Å². The minimum Gasteiger partial charge on any atom is -0.391 e. The van der Waals surface area contributed by atoms with Crippen LogP contribution in [-0.2, 0) is 26.3 Å². The van der Waals surface area contributed by atoms with Crippen molar-refractivity contribution in [2.24, 2.45) is 5.41 Å². The number of β-amino-alcohol motifs (C(OH)–C–C–N with tert-alkyl or cyclic N) is 1. The van der Waals surface area contributed by atoms with Crippen LogP contribution < -0.4 is 16.2 Å². The number of halogens is 1. The molecule has 4 atom stereocenters. The number of aryl methyl sites for hydroxylation is 2. The van der Waals surface area contributed by atoms with Crippen LogP contribution in [-0.4, -0.2) is 76.8 Å². The molecular formula is C47H51ClN8O5S. The molecule has 3 aromatic heterocycles. The Balaban J connectivity index is 0.890. The van der Waals surface area contributed by atoms with Crippen molar-refractivity contribution in [3.8, 4) is 27.3 Å². The van der Waals surface area contributed by atoms with Gasteiger partial charge in [0.05, 0.1) is 61.5 Å². The molecule has 0 aliphatic carbocycles. The van der Waals surface area contributed by atoms with E-state index in [2.05, 4.69) is 45.6 Å². The van der Waals surface area contributed by atoms with Crippen LogP contribution in [0, 0.1) is 12.3 Å². The van der Waals surface area contributed by atoms with Gasteiger partial charge in [0.25, 0.3) is 5.56 Å². The fourth-order valence-corrected chi connectivity index (χ4v) is 9.77. The van der Waals surface area contributed by atoms with Gasteiger partial charge in [-0.1, -0.05) is 68.8 Å². The van der Waals surface area contributed by atoms with Gasteiger partial charge in [-0.2, -0.15) is 10.1 Å². The fourth-order valence-electron chi connectivity index (χ4n) is 8.71. The highest BCUT2D eigenvalue weighted by atomic mass is 35.5. The highest BCUT2D eigenvalue weighted by Gasteiger charge is 2.45. The van der Waals surface area contributed by atoms with Crippen molar-refractivity contribution in [2.75, 3.05) is 6.54 Å². The minimum atomic E-state index is -0.925. The molecular weight excluding hydrogens is 824 g/mol. The van der Waals surface area contributed by atoms with Gasteiger partial charge in [-0.05, 0) is 86.1 Å². The molecule has 15 heteroatoms. The molecule has 13 nitrogen and oxygen atoms in total. The third-order valence-corrected chi connectivity index (χ3v) is 13.4. The van der Waals surface area contributed by atoms with Crippen molar-refractivity contribution in [2.45, 2.75) is 104 Å². The van der Waals surface area contributed by atoms with Crippen LogP contribution in [0.3, 0.4) is 0 Å². The molecule has 0 bridgehead atoms. The Hall–Kier alpha value is -5.70. The van der Waals surface area contributed by atoms with Crippen molar-refractivity contribution >= 4 is 51.6 Å². The smallest absolute Gasteiger partial charge is 0.282 e. The summed E-state index contributed by atoms with van der Waals surface area (Å²) in [5, 5.41) is 22.0. The zero-order valence-electron chi connectivity index (χ0n) is 35.9. The summed E-state index contributed by atoms with van der Waals surface area (Å²) in [5.41, 5.74) is 7.70. The number of aromatic nitrogens is 5. The van der Waals surface area contributed by atoms with Gasteiger partial charge in [0, 0.05) is 37.7 Å². The summed E-state index contributed by atoms with van der Waals surface area (Å²) in [4.78, 5) is 65.7. The van der Waals surface area contributed by atoms with Crippen LogP contribution in [0.2, 0.25) is 5.02 Å². The first-order valence-electron chi connectivity index (χ1n) is 20.9. The first-order chi connectivity index (χ1) is 29.4. The maximum Gasteiger partial charge on any atom is 0.282 e. The van der Waals surface area contributed by atoms with Gasteiger partial charge < -0.3 is 20.6 Å². The van der Waals surface area contributed by atoms with Crippen molar-refractivity contribution in [3.05, 3.63) is 117 Å². The van der Waals surface area contributed by atoms with E-state index < -0.39 is 34.9 Å². The zero-order valence-corrected chi connectivity index (χ0v) is 37.5. The van der Waals surface area contributed by atoms with E-state index in [-0.39, 0.29) is 42.8 Å². The molecule has 0 saturated carbocycles. The fraction of sp³-hybridized carbons (Fsp3) is 0.383. The summed E-state index contributed by atoms with van der Waals surface area (Å²) in [7, 11) is 0. The average Bonchev–Trinajstić information content (AvgIpc) is 4.02. The molecule has 6 aromatic rings. The number of nitrogens with zero attached hydrogens (tertiary/aromatic N) is 6. The van der Waals surface area contributed by atoms with Gasteiger partial charge in [0.1, 0.15) is 17.9 Å². The summed E-state index contributed by atoms with van der Waals surface area (Å²) in [6.45, 7) is 14.0. The van der Waals surface area contributed by atoms with Crippen LogP contribution >= 0.6 is 22.9 Å². The first kappa shape index (κ1) is 43.0. The standard InChI is InChI=1S/C47H51ClN8O5S/c1-26(28-13-15-29(16-14-28)40-27(2)49-25-62-40)51-42(59)37-21-32(57)24-55(37)44(61)41(46(3,4)5)52-38(58)12-9-19-54-23-31(22-50-54)30-17-18-35-33(20-30)47(6,7)45-53-43(60)39-34(48)10-8-11-36(39)56(35)45/h8,10-11,13-18,20,22-23,25-26,32,37,41,57H,9,12,19,21,24H2,1-7H3,(H,51,59)(H,52,58)/t26-,32+,37-,41+/m0/s1. The van der Waals surface area contributed by atoms with Gasteiger partial charge in [0.15, 0.2) is 0 Å². The van der Waals surface area contributed by atoms with E-state index in [1.54, 1.807) is 28.3 Å². The van der Waals surface area contributed by atoms with Crippen molar-refractivity contribution < 1.29 is 19.5 Å². The lowest BCUT2D eigenvalue weighted by Crippen LogP contribution is -2.57. The summed E-state index contributed by atoms with van der Waals surface area (Å²) in [6, 6.07) is 17.4. The normalized spacial score (nSPS) is 17.7. The number of likely N-dealkylation sites (tertiary alicyclic amines) is 1. The molecule has 3 N–H and O–H groups in total. The summed E-state index contributed by atoms with van der Waals surface area (Å²) in [5.74, 6) is -0.401. The van der Waals surface area contributed by atoms with Crippen LogP contribution in [0.1, 0.15) is 89.5 Å². The zero-order chi connectivity index (χ0) is 44.2. The first-order valence-corrected chi connectivity index (χ1v) is 22.2. The lowest BCUT2D eigenvalue weighted by Gasteiger charge is -2.35. The lowest BCUT2D eigenvalue weighted by molar-refractivity contribution is -0.144. The Morgan fingerprint density at radius 3 is 2.48 bits per heavy atom. The number of benzene rings is 3. The number of fused-ring (bicyclic) bond motifs is 5. The Kier molecular flexibility index (Phi) is 11.5. The van der Waals surface area contributed by atoms with Crippen LogP contribution in [0.25, 0.3) is 38.2 Å². The molecule has 2 aliphatic heterocycles. The number of aliphatic hydroxyl groups excluding tert-OH is 1. The van der Waals surface area contributed by atoms with Gasteiger partial charge in [-0.3, -0.25) is 28.4 Å². The van der Waals surface area contributed by atoms with Crippen molar-refractivity contribution in [1.82, 2.24) is 39.8 Å². The lowest BCUT2D eigenvalue weighted by atomic mass is 9.84. The van der Waals surface area contributed by atoms with Crippen LogP contribution in [0.4, 0.5) is 0 Å². The number of amides is 3. The van der Waals surface area contributed by atoms with E-state index in [4.69, 9.17) is 11.6 Å². The van der Waals surface area contributed by atoms with E-state index in [0.717, 1.165) is 49.6 Å². The van der Waals surface area contributed by atoms with Gasteiger partial charge >= 0.3 is 0 Å². The molecule has 8 rings (SSSR count). The van der Waals surface area contributed by atoms with E-state index in [0.29, 0.717) is 29.2 Å². The Labute approximate surface area is 369 Å². The third-order valence-electron chi connectivity index (χ3n) is 12.2. The number of hydrogen-bond donors (Lipinski definition) is 3. The maximum atomic E-state index is 14.2. The van der Waals surface area contributed by atoms with Crippen LogP contribution in [0.15, 0.2) is 83.4 Å². The molecule has 0 spiro atoms. The predicted octanol–water partition coefficient (Wildman–Crippen LogP) is 7.12. The SMILES string of the molecule is Cc1ncsc1-c1ccc([C@H](C)NC(=O)[C@@H]2C[C@@H](O)CN2C(=O)[C@@H](NC(=O)CCCn2cc(-c3ccc4c(c3)C(C)(C)c3nc(=O)c5c(Cl)cccc5n3-4)cn2)C(C)(C)C)cc1. The monoisotopic (exact) mass is 874 g/mol. The summed E-state index contributed by atoms with van der Waals surface area (Å²) < 4.78 is 3.82. The largest absolute Gasteiger partial charge is 0.391 e. The second kappa shape index (κ2) is 16.5. The highest BCUT2D eigenvalue weighted by Crippen LogP contribution is 2.44. The molecule has 322 valence electrons. The maximum absolute atomic E-state index is 14.2. The number of thiazole rings is 1. The topological polar surface area (TPSA) is 164 Å². The number of nitrogens with one attached hydrogen (secondary N) is 2. The van der Waals surface area contributed by atoms with E-state index in [9.17, 15) is 24.3 Å². The molecule has 1 saturated heterocycles. The Bertz CT molecular complexity index is 2770. The quantitative estimate of drug-likeness (QED) is 0.124. The van der Waals surface area contributed by atoms with Crippen molar-refractivity contribution in [1.29, 1.82) is 0 Å². The molecule has 3 amide bonds. The number of rotatable bonds is 11.